The molecule has 5 nitrogen and oxygen atoms in total. The molecule has 0 spiro atoms. The molecule has 0 saturated carbocycles. The van der Waals surface area contributed by atoms with Gasteiger partial charge in [0.05, 0.1) is 13.0 Å². The van der Waals surface area contributed by atoms with Crippen LogP contribution < -0.4 is 4.90 Å². The molecule has 13 heavy (non-hydrogen) atoms. The predicted molar refractivity (Wildman–Crippen MR) is 45.2 cm³/mol. The number of Topliss-reactive ketones (excluding diaryl/α,β-unsaturated/α-hetero) is 1. The van der Waals surface area contributed by atoms with Crippen LogP contribution in [0, 0.1) is 0 Å². The number of hydrogen-bond acceptors (Lipinski definition) is 3. The van der Waals surface area contributed by atoms with E-state index in [-0.39, 0.29) is 24.7 Å². The van der Waals surface area contributed by atoms with E-state index in [1.54, 1.807) is 24.0 Å². The van der Waals surface area contributed by atoms with E-state index in [9.17, 15) is 9.59 Å². The highest BCUT2D eigenvalue weighted by molar-refractivity contribution is 6.14. The lowest BCUT2D eigenvalue weighted by Gasteiger charge is -2.12. The summed E-state index contributed by atoms with van der Waals surface area (Å²) in [6.45, 7) is 0.156. The van der Waals surface area contributed by atoms with Crippen LogP contribution in [0.4, 0.5) is 5.95 Å². The molecule has 1 aliphatic rings. The minimum Gasteiger partial charge on any atom is -0.320 e. The second kappa shape index (κ2) is 2.69. The summed E-state index contributed by atoms with van der Waals surface area (Å²) >= 11 is 0. The maximum Gasteiger partial charge on any atom is 0.237 e. The number of nitrogens with zero attached hydrogens (tertiary/aromatic N) is 3. The molecule has 0 aliphatic carbocycles. The van der Waals surface area contributed by atoms with Crippen molar-refractivity contribution in [3.8, 4) is 0 Å². The lowest BCUT2D eigenvalue weighted by Crippen LogP contribution is -2.27. The first-order valence-electron chi connectivity index (χ1n) is 3.98. The fourth-order valence-electron chi connectivity index (χ4n) is 1.38. The summed E-state index contributed by atoms with van der Waals surface area (Å²) in [5, 5.41) is 0. The van der Waals surface area contributed by atoms with Crippen LogP contribution in [-0.2, 0) is 16.6 Å². The summed E-state index contributed by atoms with van der Waals surface area (Å²) in [7, 11) is 1.79. The zero-order chi connectivity index (χ0) is 9.42. The van der Waals surface area contributed by atoms with Crippen molar-refractivity contribution < 1.29 is 9.59 Å². The second-order valence-corrected chi connectivity index (χ2v) is 3.03. The van der Waals surface area contributed by atoms with Crippen molar-refractivity contribution in [2.75, 3.05) is 11.4 Å². The average Bonchev–Trinajstić information content (AvgIpc) is 2.58. The summed E-state index contributed by atoms with van der Waals surface area (Å²) in [6.07, 6.45) is 3.35. The molecule has 0 bridgehead atoms. The Morgan fingerprint density at radius 1 is 1.46 bits per heavy atom. The van der Waals surface area contributed by atoms with Crippen molar-refractivity contribution in [2.24, 2.45) is 7.05 Å². The van der Waals surface area contributed by atoms with Gasteiger partial charge in [-0.2, -0.15) is 0 Å². The number of imidazole rings is 1. The van der Waals surface area contributed by atoms with E-state index in [2.05, 4.69) is 4.98 Å². The van der Waals surface area contributed by atoms with Crippen LogP contribution in [0.15, 0.2) is 12.4 Å². The number of rotatable bonds is 1. The third kappa shape index (κ3) is 1.22. The summed E-state index contributed by atoms with van der Waals surface area (Å²) in [4.78, 5) is 27.7. The van der Waals surface area contributed by atoms with Gasteiger partial charge >= 0.3 is 0 Å². The molecule has 0 unspecified atom stereocenters. The summed E-state index contributed by atoms with van der Waals surface area (Å²) in [5.41, 5.74) is 0. The van der Waals surface area contributed by atoms with Gasteiger partial charge < -0.3 is 4.57 Å². The van der Waals surface area contributed by atoms with E-state index in [1.807, 2.05) is 0 Å². The van der Waals surface area contributed by atoms with Gasteiger partial charge in [-0.3, -0.25) is 14.5 Å². The topological polar surface area (TPSA) is 55.2 Å². The average molecular weight is 179 g/mol. The first-order chi connectivity index (χ1) is 6.18. The van der Waals surface area contributed by atoms with Crippen LogP contribution in [0.5, 0.6) is 0 Å². The molecule has 2 heterocycles. The quantitative estimate of drug-likeness (QED) is 0.557. The zero-order valence-electron chi connectivity index (χ0n) is 7.23. The van der Waals surface area contributed by atoms with Gasteiger partial charge in [-0.25, -0.2) is 4.98 Å². The Kier molecular flexibility index (Phi) is 1.65. The number of aryl methyl sites for hydroxylation is 1. The molecule has 1 saturated heterocycles. The molecule has 0 aromatic carbocycles. The van der Waals surface area contributed by atoms with Gasteiger partial charge in [-0.1, -0.05) is 0 Å². The molecule has 1 aromatic heterocycles. The van der Waals surface area contributed by atoms with Crippen molar-refractivity contribution in [1.82, 2.24) is 9.55 Å². The number of ketones is 1. The molecule has 1 aromatic rings. The number of amides is 1. The van der Waals surface area contributed by atoms with Crippen molar-refractivity contribution in [3.63, 3.8) is 0 Å². The number of carbonyl (C=O) groups is 2. The Morgan fingerprint density at radius 3 is 2.69 bits per heavy atom. The molecule has 0 radical (unpaired) electrons. The van der Waals surface area contributed by atoms with Gasteiger partial charge in [0.15, 0.2) is 5.78 Å². The molecule has 68 valence electrons. The standard InChI is InChI=1S/C8H9N3O2/c1-10-3-2-9-8(10)11-5-6(12)4-7(11)13/h2-3H,4-5H2,1H3. The van der Waals surface area contributed by atoms with Crippen LogP contribution in [0.1, 0.15) is 6.42 Å². The van der Waals surface area contributed by atoms with E-state index in [0.29, 0.717) is 5.95 Å². The normalized spacial score (nSPS) is 17.2. The van der Waals surface area contributed by atoms with Crippen molar-refractivity contribution in [3.05, 3.63) is 12.4 Å². The Bertz CT molecular complexity index is 369. The predicted octanol–water partition coefficient (Wildman–Crippen LogP) is -0.274. The molecule has 0 atom stereocenters. The molecule has 0 N–H and O–H groups in total. The van der Waals surface area contributed by atoms with E-state index < -0.39 is 0 Å². The Morgan fingerprint density at radius 2 is 2.23 bits per heavy atom. The SMILES string of the molecule is Cn1ccnc1N1CC(=O)CC1=O. The van der Waals surface area contributed by atoms with Gasteiger partial charge in [0.25, 0.3) is 0 Å². The van der Waals surface area contributed by atoms with Crippen LogP contribution in [-0.4, -0.2) is 27.8 Å². The minimum atomic E-state index is -0.167. The van der Waals surface area contributed by atoms with E-state index in [1.165, 1.54) is 4.90 Å². The minimum absolute atomic E-state index is 0.00681. The van der Waals surface area contributed by atoms with Gasteiger partial charge in [0.1, 0.15) is 0 Å². The Balaban J connectivity index is 2.32. The Hall–Kier alpha value is -1.65. The van der Waals surface area contributed by atoms with Crippen LogP contribution in [0.3, 0.4) is 0 Å². The first-order valence-corrected chi connectivity index (χ1v) is 3.98. The number of hydrogen-bond donors (Lipinski definition) is 0. The van der Waals surface area contributed by atoms with Crippen LogP contribution >= 0.6 is 0 Å². The zero-order valence-corrected chi connectivity index (χ0v) is 7.23. The highest BCUT2D eigenvalue weighted by atomic mass is 16.2. The molecule has 2 rings (SSSR count). The van der Waals surface area contributed by atoms with Gasteiger partial charge in [-0.05, 0) is 0 Å². The second-order valence-electron chi connectivity index (χ2n) is 3.03. The van der Waals surface area contributed by atoms with Crippen molar-refractivity contribution >= 4 is 17.6 Å². The smallest absolute Gasteiger partial charge is 0.237 e. The lowest BCUT2D eigenvalue weighted by atomic mass is 10.3. The molecular weight excluding hydrogens is 170 g/mol. The highest BCUT2D eigenvalue weighted by Gasteiger charge is 2.30. The molecule has 5 heteroatoms. The summed E-state index contributed by atoms with van der Waals surface area (Å²) in [6, 6.07) is 0. The van der Waals surface area contributed by atoms with Crippen LogP contribution in [0.25, 0.3) is 0 Å². The number of aromatic nitrogens is 2. The van der Waals surface area contributed by atoms with Gasteiger partial charge in [0.2, 0.25) is 11.9 Å². The maximum atomic E-state index is 11.3. The lowest BCUT2D eigenvalue weighted by molar-refractivity contribution is -0.121. The Labute approximate surface area is 75.0 Å². The van der Waals surface area contributed by atoms with E-state index in [4.69, 9.17) is 0 Å². The monoisotopic (exact) mass is 179 g/mol. The molecule has 1 fully saturated rings. The third-order valence-electron chi connectivity index (χ3n) is 2.02. The fraction of sp³-hybridized carbons (Fsp3) is 0.375. The first kappa shape index (κ1) is 7.97. The largest absolute Gasteiger partial charge is 0.320 e. The van der Waals surface area contributed by atoms with Crippen molar-refractivity contribution in [2.45, 2.75) is 6.42 Å². The molecule has 1 amide bonds. The molecule has 1 aliphatic heterocycles. The summed E-state index contributed by atoms with van der Waals surface area (Å²) < 4.78 is 1.72. The van der Waals surface area contributed by atoms with E-state index in [0.717, 1.165) is 0 Å². The maximum absolute atomic E-state index is 11.3. The van der Waals surface area contributed by atoms with E-state index >= 15 is 0 Å². The number of carbonyl (C=O) groups excluding carboxylic acids is 2. The van der Waals surface area contributed by atoms with Gasteiger partial charge in [-0.15, -0.1) is 0 Å². The molecular formula is C8H9N3O2. The number of anilines is 1. The highest BCUT2D eigenvalue weighted by Crippen LogP contribution is 2.16. The van der Waals surface area contributed by atoms with Crippen molar-refractivity contribution in [1.29, 1.82) is 0 Å². The van der Waals surface area contributed by atoms with Gasteiger partial charge in [0, 0.05) is 19.4 Å². The fourth-order valence-corrected chi connectivity index (χ4v) is 1.38. The van der Waals surface area contributed by atoms with Crippen LogP contribution in [0.2, 0.25) is 0 Å². The third-order valence-corrected chi connectivity index (χ3v) is 2.02. The summed E-state index contributed by atoms with van der Waals surface area (Å²) in [5.74, 6) is 0.322.